The Hall–Kier alpha value is -0.710. The maximum Gasteiger partial charge on any atom is 0.150 e. The summed E-state index contributed by atoms with van der Waals surface area (Å²) in [4.78, 5) is 15.1. The summed E-state index contributed by atoms with van der Waals surface area (Å²) >= 11 is 3.63. The molecule has 3 nitrogen and oxygen atoms in total. The zero-order chi connectivity index (χ0) is 13.0. The molecule has 0 radical (unpaired) electrons. The molecule has 0 heterocycles. The molecule has 0 aliphatic heterocycles. The summed E-state index contributed by atoms with van der Waals surface area (Å²) < 4.78 is 1.10. The Labute approximate surface area is 112 Å². The van der Waals surface area contributed by atoms with E-state index < -0.39 is 0 Å². The van der Waals surface area contributed by atoms with Crippen LogP contribution in [0.3, 0.4) is 0 Å². The summed E-state index contributed by atoms with van der Waals surface area (Å²) in [7, 11) is 8.08. The molecule has 0 aliphatic rings. The highest BCUT2D eigenvalue weighted by Gasteiger charge is 2.10. The number of hydrogen-bond donors (Lipinski definition) is 0. The van der Waals surface area contributed by atoms with Crippen molar-refractivity contribution >= 4 is 22.2 Å². The summed E-state index contributed by atoms with van der Waals surface area (Å²) in [6.45, 7) is 1.64. The standard InChI is InChI=1S/C13H19BrN2O/c1-15(2)7-11-5-10(9-17)6-12(13(11)14)8-16(3)4/h5-6,9H,7-8H2,1-4H3. The Balaban J connectivity index is 3.15. The molecule has 0 aromatic heterocycles. The maximum absolute atomic E-state index is 11.0. The Bertz CT molecular complexity index is 371. The van der Waals surface area contributed by atoms with Crippen LogP contribution in [-0.2, 0) is 13.1 Å². The van der Waals surface area contributed by atoms with Crippen molar-refractivity contribution < 1.29 is 4.79 Å². The summed E-state index contributed by atoms with van der Waals surface area (Å²) in [5.74, 6) is 0. The van der Waals surface area contributed by atoms with Gasteiger partial charge in [0, 0.05) is 23.1 Å². The quantitative estimate of drug-likeness (QED) is 0.780. The van der Waals surface area contributed by atoms with E-state index in [2.05, 4.69) is 25.7 Å². The van der Waals surface area contributed by atoms with Crippen molar-refractivity contribution in [3.05, 3.63) is 33.3 Å². The first-order valence-electron chi connectivity index (χ1n) is 5.50. The molecule has 0 saturated carbocycles. The van der Waals surface area contributed by atoms with Crippen LogP contribution in [-0.4, -0.2) is 44.3 Å². The van der Waals surface area contributed by atoms with E-state index in [0.717, 1.165) is 40.5 Å². The predicted molar refractivity (Wildman–Crippen MR) is 74.3 cm³/mol. The predicted octanol–water partition coefficient (Wildman–Crippen LogP) is 2.38. The summed E-state index contributed by atoms with van der Waals surface area (Å²) in [6, 6.07) is 3.88. The number of aldehydes is 1. The van der Waals surface area contributed by atoms with Crippen molar-refractivity contribution in [3.8, 4) is 0 Å². The van der Waals surface area contributed by atoms with E-state index in [4.69, 9.17) is 0 Å². The van der Waals surface area contributed by atoms with Gasteiger partial charge in [-0.2, -0.15) is 0 Å². The second-order valence-electron chi connectivity index (χ2n) is 4.75. The van der Waals surface area contributed by atoms with Gasteiger partial charge >= 0.3 is 0 Å². The highest BCUT2D eigenvalue weighted by molar-refractivity contribution is 9.10. The van der Waals surface area contributed by atoms with Crippen molar-refractivity contribution in [2.24, 2.45) is 0 Å². The minimum Gasteiger partial charge on any atom is -0.305 e. The molecule has 0 N–H and O–H groups in total. The molecule has 0 unspecified atom stereocenters. The molecule has 1 rings (SSSR count). The lowest BCUT2D eigenvalue weighted by molar-refractivity contribution is 0.112. The third-order valence-corrected chi connectivity index (χ3v) is 3.37. The highest BCUT2D eigenvalue weighted by atomic mass is 79.9. The van der Waals surface area contributed by atoms with Crippen molar-refractivity contribution in [1.29, 1.82) is 0 Å². The second-order valence-corrected chi connectivity index (χ2v) is 5.54. The molecular weight excluding hydrogens is 280 g/mol. The fraction of sp³-hybridized carbons (Fsp3) is 0.462. The van der Waals surface area contributed by atoms with Gasteiger partial charge in [0.2, 0.25) is 0 Å². The van der Waals surface area contributed by atoms with Gasteiger partial charge < -0.3 is 9.80 Å². The van der Waals surface area contributed by atoms with Gasteiger partial charge in [0.25, 0.3) is 0 Å². The van der Waals surface area contributed by atoms with Crippen LogP contribution in [0.4, 0.5) is 0 Å². The van der Waals surface area contributed by atoms with Gasteiger partial charge in [-0.25, -0.2) is 0 Å². The van der Waals surface area contributed by atoms with Crippen molar-refractivity contribution in [2.45, 2.75) is 13.1 Å². The molecule has 0 bridgehead atoms. The second kappa shape index (κ2) is 6.28. The zero-order valence-corrected chi connectivity index (χ0v) is 12.4. The lowest BCUT2D eigenvalue weighted by Gasteiger charge is -2.17. The number of carbonyl (C=O) groups is 1. The highest BCUT2D eigenvalue weighted by Crippen LogP contribution is 2.25. The third-order valence-electron chi connectivity index (χ3n) is 2.35. The Kier molecular flexibility index (Phi) is 5.31. The van der Waals surface area contributed by atoms with Gasteiger partial charge in [-0.05, 0) is 51.5 Å². The fourth-order valence-corrected chi connectivity index (χ4v) is 2.24. The topological polar surface area (TPSA) is 23.6 Å². The van der Waals surface area contributed by atoms with E-state index in [-0.39, 0.29) is 0 Å². The Morgan fingerprint density at radius 3 is 1.76 bits per heavy atom. The van der Waals surface area contributed by atoms with Gasteiger partial charge in [-0.15, -0.1) is 0 Å². The first-order chi connectivity index (χ1) is 7.93. The van der Waals surface area contributed by atoms with Crippen molar-refractivity contribution in [1.82, 2.24) is 9.80 Å². The lowest BCUT2D eigenvalue weighted by Crippen LogP contribution is -2.15. The summed E-state index contributed by atoms with van der Waals surface area (Å²) in [5.41, 5.74) is 3.04. The molecule has 0 fully saturated rings. The Morgan fingerprint density at radius 1 is 1.06 bits per heavy atom. The molecule has 1 aromatic carbocycles. The van der Waals surface area contributed by atoms with Crippen LogP contribution in [0.2, 0.25) is 0 Å². The van der Waals surface area contributed by atoms with E-state index in [1.807, 2.05) is 40.3 Å². The van der Waals surface area contributed by atoms with Gasteiger partial charge in [0.15, 0.2) is 0 Å². The van der Waals surface area contributed by atoms with Crippen LogP contribution < -0.4 is 0 Å². The van der Waals surface area contributed by atoms with E-state index >= 15 is 0 Å². The normalized spacial score (nSPS) is 11.2. The van der Waals surface area contributed by atoms with Gasteiger partial charge in [-0.3, -0.25) is 4.79 Å². The minimum atomic E-state index is 0.738. The van der Waals surface area contributed by atoms with Gasteiger partial charge in [-0.1, -0.05) is 15.9 Å². The monoisotopic (exact) mass is 298 g/mol. The minimum absolute atomic E-state index is 0.738. The van der Waals surface area contributed by atoms with Crippen LogP contribution in [0.1, 0.15) is 21.5 Å². The lowest BCUT2D eigenvalue weighted by atomic mass is 10.1. The maximum atomic E-state index is 11.0. The van der Waals surface area contributed by atoms with Crippen LogP contribution in [0.15, 0.2) is 16.6 Å². The molecule has 0 atom stereocenters. The number of halogens is 1. The molecule has 4 heteroatoms. The number of benzene rings is 1. The smallest absolute Gasteiger partial charge is 0.150 e. The van der Waals surface area contributed by atoms with Crippen LogP contribution in [0, 0.1) is 0 Å². The summed E-state index contributed by atoms with van der Waals surface area (Å²) in [5, 5.41) is 0. The number of nitrogens with zero attached hydrogens (tertiary/aromatic N) is 2. The van der Waals surface area contributed by atoms with Crippen molar-refractivity contribution in [2.75, 3.05) is 28.2 Å². The molecule has 17 heavy (non-hydrogen) atoms. The largest absolute Gasteiger partial charge is 0.305 e. The van der Waals surface area contributed by atoms with Crippen LogP contribution >= 0.6 is 15.9 Å². The molecule has 1 aromatic rings. The third kappa shape index (κ3) is 4.22. The Morgan fingerprint density at radius 2 is 1.47 bits per heavy atom. The summed E-state index contributed by atoms with van der Waals surface area (Å²) in [6.07, 6.45) is 0.908. The van der Waals surface area contributed by atoms with E-state index in [1.54, 1.807) is 0 Å². The fourth-order valence-electron chi connectivity index (χ4n) is 1.76. The van der Waals surface area contributed by atoms with E-state index in [9.17, 15) is 4.79 Å². The number of hydrogen-bond acceptors (Lipinski definition) is 3. The van der Waals surface area contributed by atoms with Gasteiger partial charge in [0.05, 0.1) is 0 Å². The van der Waals surface area contributed by atoms with Crippen LogP contribution in [0.5, 0.6) is 0 Å². The SMILES string of the molecule is CN(C)Cc1cc(C=O)cc(CN(C)C)c1Br. The zero-order valence-electron chi connectivity index (χ0n) is 10.8. The first-order valence-corrected chi connectivity index (χ1v) is 6.29. The van der Waals surface area contributed by atoms with E-state index in [1.165, 1.54) is 0 Å². The average molecular weight is 299 g/mol. The van der Waals surface area contributed by atoms with Gasteiger partial charge in [0.1, 0.15) is 6.29 Å². The molecular formula is C13H19BrN2O. The van der Waals surface area contributed by atoms with Crippen molar-refractivity contribution in [3.63, 3.8) is 0 Å². The molecule has 0 spiro atoms. The molecule has 0 amide bonds. The number of carbonyl (C=O) groups excluding carboxylic acids is 1. The average Bonchev–Trinajstić information content (AvgIpc) is 2.22. The molecule has 0 aliphatic carbocycles. The van der Waals surface area contributed by atoms with Crippen LogP contribution in [0.25, 0.3) is 0 Å². The number of rotatable bonds is 5. The molecule has 0 saturated heterocycles. The van der Waals surface area contributed by atoms with E-state index in [0.29, 0.717) is 0 Å². The first kappa shape index (κ1) is 14.4. The molecule has 94 valence electrons.